The van der Waals surface area contributed by atoms with E-state index < -0.39 is 0 Å². The van der Waals surface area contributed by atoms with Crippen LogP contribution in [0.15, 0.2) is 60.7 Å². The summed E-state index contributed by atoms with van der Waals surface area (Å²) >= 11 is 6.07. The lowest BCUT2D eigenvalue weighted by molar-refractivity contribution is 0.0593. The number of rotatable bonds is 3. The molecule has 3 aromatic rings. The molecule has 0 unspecified atom stereocenters. The minimum atomic E-state index is -0.139. The van der Waals surface area contributed by atoms with E-state index in [4.69, 9.17) is 16.3 Å². The Morgan fingerprint density at radius 3 is 2.16 bits per heavy atom. The molecule has 3 amide bonds. The van der Waals surface area contributed by atoms with E-state index in [1.807, 2.05) is 34.1 Å². The summed E-state index contributed by atoms with van der Waals surface area (Å²) < 4.78 is 5.16. The summed E-state index contributed by atoms with van der Waals surface area (Å²) in [5, 5.41) is 3.55. The van der Waals surface area contributed by atoms with Gasteiger partial charge in [0, 0.05) is 37.8 Å². The highest BCUT2D eigenvalue weighted by Crippen LogP contribution is 2.44. The van der Waals surface area contributed by atoms with Crippen LogP contribution in [0.3, 0.4) is 0 Å². The second-order valence-corrected chi connectivity index (χ2v) is 10.6. The third-order valence-corrected chi connectivity index (χ3v) is 8.36. The molecule has 2 aliphatic heterocycles. The smallest absolute Gasteiger partial charge is 0.318 e. The Balaban J connectivity index is 1.10. The summed E-state index contributed by atoms with van der Waals surface area (Å²) in [7, 11) is 1.50. The van der Waals surface area contributed by atoms with Crippen LogP contribution < -0.4 is 10.1 Å². The molecule has 8 heteroatoms. The summed E-state index contributed by atoms with van der Waals surface area (Å²) in [5.74, 6) is 0.262. The van der Waals surface area contributed by atoms with Crippen molar-refractivity contribution in [1.82, 2.24) is 20.1 Å². The molecule has 7 nitrogen and oxygen atoms in total. The minimum absolute atomic E-state index is 0.0228. The maximum Gasteiger partial charge on any atom is 0.318 e. The predicted octanol–water partition coefficient (Wildman–Crippen LogP) is 5.15. The Bertz CT molecular complexity index is 1320. The van der Waals surface area contributed by atoms with Gasteiger partial charge < -0.3 is 19.9 Å². The van der Waals surface area contributed by atoms with Crippen LogP contribution in [0.25, 0.3) is 11.1 Å². The molecule has 6 rings (SSSR count). The highest BCUT2D eigenvalue weighted by Gasteiger charge is 2.43. The van der Waals surface area contributed by atoms with Crippen LogP contribution in [0.1, 0.15) is 46.8 Å². The molecular weight excluding hydrogens is 488 g/mol. The number of fused-ring (bicyclic) bond motifs is 3. The number of nitrogens with zero attached hydrogens (tertiary/aromatic N) is 3. The largest absolute Gasteiger partial charge is 0.481 e. The van der Waals surface area contributed by atoms with E-state index in [-0.39, 0.29) is 28.5 Å². The first-order valence-electron chi connectivity index (χ1n) is 12.7. The van der Waals surface area contributed by atoms with Crippen molar-refractivity contribution in [3.05, 3.63) is 82.5 Å². The number of ether oxygens (including phenoxy) is 1. The molecule has 2 fully saturated rings. The fourth-order valence-electron chi connectivity index (χ4n) is 6.11. The van der Waals surface area contributed by atoms with Gasteiger partial charge >= 0.3 is 6.03 Å². The molecular formula is C29H29ClN4O3. The number of methoxy groups -OCH3 is 1. The number of likely N-dealkylation sites (tertiary alicyclic amines) is 2. The number of carbonyl (C=O) groups is 2. The van der Waals surface area contributed by atoms with Gasteiger partial charge in [-0.3, -0.25) is 4.79 Å². The highest BCUT2D eigenvalue weighted by molar-refractivity contribution is 6.29. The van der Waals surface area contributed by atoms with E-state index in [1.165, 1.54) is 18.2 Å². The number of amides is 3. The zero-order chi connectivity index (χ0) is 25.6. The predicted molar refractivity (Wildman–Crippen MR) is 142 cm³/mol. The van der Waals surface area contributed by atoms with Gasteiger partial charge in [-0.1, -0.05) is 60.1 Å². The number of aromatic nitrogens is 1. The molecule has 3 aliphatic rings. The fourth-order valence-corrected chi connectivity index (χ4v) is 6.31. The topological polar surface area (TPSA) is 74.8 Å². The minimum Gasteiger partial charge on any atom is -0.481 e. The molecule has 0 atom stereocenters. The second-order valence-electron chi connectivity index (χ2n) is 10.2. The maximum absolute atomic E-state index is 13.4. The van der Waals surface area contributed by atoms with E-state index in [2.05, 4.69) is 34.6 Å². The monoisotopic (exact) mass is 516 g/mol. The zero-order valence-electron chi connectivity index (χ0n) is 20.7. The molecule has 1 aromatic heterocycles. The number of piperidine rings is 1. The molecule has 37 heavy (non-hydrogen) atoms. The van der Waals surface area contributed by atoms with E-state index >= 15 is 0 Å². The molecule has 0 bridgehead atoms. The number of nitrogens with one attached hydrogen (secondary N) is 1. The normalized spacial score (nSPS) is 18.0. The number of hydrogen-bond donors (Lipinski definition) is 1. The first kappa shape index (κ1) is 23.8. The van der Waals surface area contributed by atoms with Crippen molar-refractivity contribution in [2.24, 2.45) is 5.41 Å². The first-order valence-corrected chi connectivity index (χ1v) is 13.1. The zero-order valence-corrected chi connectivity index (χ0v) is 21.5. The molecule has 2 aromatic carbocycles. The lowest BCUT2D eigenvalue weighted by Crippen LogP contribution is -2.46. The summed E-state index contributed by atoms with van der Waals surface area (Å²) in [4.78, 5) is 34.4. The van der Waals surface area contributed by atoms with E-state index in [1.54, 1.807) is 12.1 Å². The standard InChI is InChI=1S/C29H29ClN4O3/c1-37-25-17-19(16-24(30)31-25)27(35)33-13-10-29(11-14-33)12-15-34(18-29)28(36)32-26-22-8-4-2-6-20(22)21-7-3-5-9-23(21)26/h2-9,16-17,26H,10-15,18H2,1H3,(H,32,36). The Labute approximate surface area is 221 Å². The molecule has 2 saturated heterocycles. The van der Waals surface area contributed by atoms with Crippen LogP contribution in [0.4, 0.5) is 4.79 Å². The number of hydrogen-bond acceptors (Lipinski definition) is 4. The van der Waals surface area contributed by atoms with Crippen molar-refractivity contribution in [2.75, 3.05) is 33.3 Å². The third-order valence-electron chi connectivity index (χ3n) is 8.17. The number of carbonyl (C=O) groups excluding carboxylic acids is 2. The molecule has 0 radical (unpaired) electrons. The second kappa shape index (κ2) is 9.38. The molecule has 190 valence electrons. The Kier molecular flexibility index (Phi) is 6.03. The third kappa shape index (κ3) is 4.31. The van der Waals surface area contributed by atoms with Gasteiger partial charge in [0.1, 0.15) is 5.15 Å². The van der Waals surface area contributed by atoms with Crippen molar-refractivity contribution in [3.8, 4) is 17.0 Å². The maximum atomic E-state index is 13.4. The Morgan fingerprint density at radius 1 is 0.946 bits per heavy atom. The van der Waals surface area contributed by atoms with Gasteiger partial charge in [0.2, 0.25) is 5.88 Å². The molecule has 3 heterocycles. The molecule has 1 spiro atoms. The summed E-state index contributed by atoms with van der Waals surface area (Å²) in [5.41, 5.74) is 5.19. The summed E-state index contributed by atoms with van der Waals surface area (Å²) in [6.07, 6.45) is 2.69. The summed E-state index contributed by atoms with van der Waals surface area (Å²) in [6, 6.07) is 19.6. The van der Waals surface area contributed by atoms with Gasteiger partial charge in [-0.15, -0.1) is 0 Å². The van der Waals surface area contributed by atoms with Crippen molar-refractivity contribution in [2.45, 2.75) is 25.3 Å². The van der Waals surface area contributed by atoms with Crippen LogP contribution in [0.2, 0.25) is 5.15 Å². The van der Waals surface area contributed by atoms with Crippen molar-refractivity contribution in [3.63, 3.8) is 0 Å². The number of benzene rings is 2. The van der Waals surface area contributed by atoms with Gasteiger partial charge in [0.25, 0.3) is 5.91 Å². The Hall–Kier alpha value is -3.58. The first-order chi connectivity index (χ1) is 18.0. The van der Waals surface area contributed by atoms with Crippen LogP contribution in [-0.2, 0) is 0 Å². The van der Waals surface area contributed by atoms with Gasteiger partial charge in [-0.2, -0.15) is 0 Å². The van der Waals surface area contributed by atoms with Crippen molar-refractivity contribution >= 4 is 23.5 Å². The lowest BCUT2D eigenvalue weighted by atomic mass is 9.77. The lowest BCUT2D eigenvalue weighted by Gasteiger charge is -2.39. The number of pyridine rings is 1. The molecule has 1 aliphatic carbocycles. The fraction of sp³-hybridized carbons (Fsp3) is 0.345. The van der Waals surface area contributed by atoms with Crippen LogP contribution in [-0.4, -0.2) is 60.0 Å². The van der Waals surface area contributed by atoms with E-state index in [0.29, 0.717) is 31.1 Å². The average molecular weight is 517 g/mol. The number of halogens is 1. The van der Waals surface area contributed by atoms with Gasteiger partial charge in [-0.05, 0) is 53.0 Å². The summed E-state index contributed by atoms with van der Waals surface area (Å²) in [6.45, 7) is 2.75. The van der Waals surface area contributed by atoms with Crippen LogP contribution in [0.5, 0.6) is 5.88 Å². The van der Waals surface area contributed by atoms with E-state index in [9.17, 15) is 9.59 Å². The average Bonchev–Trinajstić information content (AvgIpc) is 3.48. The SMILES string of the molecule is COc1cc(C(=O)N2CCC3(CCN(C(=O)NC4c5ccccc5-c5ccccc54)C3)CC2)cc(Cl)n1. The quantitative estimate of drug-likeness (QED) is 0.488. The van der Waals surface area contributed by atoms with Gasteiger partial charge in [-0.25, -0.2) is 9.78 Å². The number of urea groups is 1. The van der Waals surface area contributed by atoms with Crippen molar-refractivity contribution in [1.29, 1.82) is 0 Å². The Morgan fingerprint density at radius 2 is 1.54 bits per heavy atom. The van der Waals surface area contributed by atoms with Gasteiger partial charge in [0.05, 0.1) is 13.2 Å². The highest BCUT2D eigenvalue weighted by atomic mass is 35.5. The molecule has 0 saturated carbocycles. The van der Waals surface area contributed by atoms with Gasteiger partial charge in [0.15, 0.2) is 0 Å². The van der Waals surface area contributed by atoms with Crippen LogP contribution >= 0.6 is 11.6 Å². The van der Waals surface area contributed by atoms with Crippen LogP contribution in [0, 0.1) is 5.41 Å². The molecule has 1 N–H and O–H groups in total. The van der Waals surface area contributed by atoms with E-state index in [0.717, 1.165) is 36.9 Å². The van der Waals surface area contributed by atoms with Crippen molar-refractivity contribution < 1.29 is 14.3 Å².